The van der Waals surface area contributed by atoms with Gasteiger partial charge in [-0.1, -0.05) is 11.6 Å². The SMILES string of the molecule is O=C(O)C1CCC(C(=O)Nc2ccc(Cl)nc2)O1. The highest BCUT2D eigenvalue weighted by molar-refractivity contribution is 6.29. The van der Waals surface area contributed by atoms with Gasteiger partial charge in [0.05, 0.1) is 11.9 Å². The van der Waals surface area contributed by atoms with E-state index in [2.05, 4.69) is 10.3 Å². The van der Waals surface area contributed by atoms with Gasteiger partial charge in [0.2, 0.25) is 0 Å². The van der Waals surface area contributed by atoms with E-state index < -0.39 is 18.2 Å². The molecule has 0 aromatic carbocycles. The molecule has 2 unspecified atom stereocenters. The summed E-state index contributed by atoms with van der Waals surface area (Å²) < 4.78 is 5.12. The highest BCUT2D eigenvalue weighted by Gasteiger charge is 2.34. The number of ether oxygens (including phenoxy) is 1. The van der Waals surface area contributed by atoms with Crippen LogP contribution in [0.3, 0.4) is 0 Å². The summed E-state index contributed by atoms with van der Waals surface area (Å²) in [5, 5.41) is 11.7. The van der Waals surface area contributed by atoms with Crippen molar-refractivity contribution in [1.29, 1.82) is 0 Å². The zero-order chi connectivity index (χ0) is 13.1. The Bertz CT molecular complexity index is 463. The first kappa shape index (κ1) is 12.8. The Morgan fingerprint density at radius 1 is 1.39 bits per heavy atom. The van der Waals surface area contributed by atoms with Crippen molar-refractivity contribution < 1.29 is 19.4 Å². The summed E-state index contributed by atoms with van der Waals surface area (Å²) in [6.45, 7) is 0. The Morgan fingerprint density at radius 2 is 2.11 bits per heavy atom. The Labute approximate surface area is 108 Å². The van der Waals surface area contributed by atoms with E-state index in [0.717, 1.165) is 0 Å². The van der Waals surface area contributed by atoms with E-state index in [9.17, 15) is 9.59 Å². The third-order valence-electron chi connectivity index (χ3n) is 2.58. The number of nitrogens with zero attached hydrogens (tertiary/aromatic N) is 1. The maximum absolute atomic E-state index is 11.8. The lowest BCUT2D eigenvalue weighted by atomic mass is 10.2. The maximum atomic E-state index is 11.8. The van der Waals surface area contributed by atoms with Crippen LogP contribution in [-0.2, 0) is 14.3 Å². The second kappa shape index (κ2) is 5.32. The number of carbonyl (C=O) groups is 2. The highest BCUT2D eigenvalue weighted by atomic mass is 35.5. The predicted octanol–water partition coefficient (Wildman–Crippen LogP) is 1.31. The Morgan fingerprint density at radius 3 is 2.67 bits per heavy atom. The molecule has 1 aliphatic rings. The van der Waals surface area contributed by atoms with Gasteiger partial charge in [-0.2, -0.15) is 0 Å². The molecular formula is C11H11ClN2O4. The Balaban J connectivity index is 1.93. The number of anilines is 1. The van der Waals surface area contributed by atoms with Gasteiger partial charge in [0, 0.05) is 0 Å². The summed E-state index contributed by atoms with van der Waals surface area (Å²) in [5.74, 6) is -1.42. The van der Waals surface area contributed by atoms with Gasteiger partial charge in [-0.15, -0.1) is 0 Å². The number of hydrogen-bond donors (Lipinski definition) is 2. The number of aromatic nitrogens is 1. The molecule has 1 aliphatic heterocycles. The van der Waals surface area contributed by atoms with E-state index in [4.69, 9.17) is 21.4 Å². The number of carbonyl (C=O) groups excluding carboxylic acids is 1. The van der Waals surface area contributed by atoms with Crippen LogP contribution in [-0.4, -0.2) is 34.2 Å². The van der Waals surface area contributed by atoms with Gasteiger partial charge in [-0.25, -0.2) is 9.78 Å². The minimum absolute atomic E-state index is 0.330. The van der Waals surface area contributed by atoms with Crippen LogP contribution in [0, 0.1) is 0 Å². The third kappa shape index (κ3) is 2.96. The second-order valence-corrected chi connectivity index (χ2v) is 4.28. The number of carboxylic acid groups (broad SMARTS) is 1. The van der Waals surface area contributed by atoms with Gasteiger partial charge in [0.1, 0.15) is 11.3 Å². The number of nitrogens with one attached hydrogen (secondary N) is 1. The number of halogens is 1. The number of amides is 1. The fraction of sp³-hybridized carbons (Fsp3) is 0.364. The van der Waals surface area contributed by atoms with Crippen molar-refractivity contribution in [3.8, 4) is 0 Å². The van der Waals surface area contributed by atoms with E-state index >= 15 is 0 Å². The predicted molar refractivity (Wildman–Crippen MR) is 63.4 cm³/mol. The van der Waals surface area contributed by atoms with Crippen LogP contribution in [0.15, 0.2) is 18.3 Å². The number of carboxylic acids is 1. The smallest absolute Gasteiger partial charge is 0.332 e. The first-order chi connectivity index (χ1) is 8.56. The van der Waals surface area contributed by atoms with Crippen molar-refractivity contribution in [1.82, 2.24) is 4.98 Å². The quantitative estimate of drug-likeness (QED) is 0.809. The fourth-order valence-corrected chi connectivity index (χ4v) is 1.80. The topological polar surface area (TPSA) is 88.5 Å². The average molecular weight is 271 g/mol. The molecule has 0 spiro atoms. The average Bonchev–Trinajstić information content (AvgIpc) is 2.81. The van der Waals surface area contributed by atoms with Crippen LogP contribution in [0.5, 0.6) is 0 Å². The van der Waals surface area contributed by atoms with Crippen LogP contribution in [0.1, 0.15) is 12.8 Å². The van der Waals surface area contributed by atoms with Crippen molar-refractivity contribution in [2.75, 3.05) is 5.32 Å². The van der Waals surface area contributed by atoms with Gasteiger partial charge >= 0.3 is 5.97 Å². The van der Waals surface area contributed by atoms with Gasteiger partial charge in [0.15, 0.2) is 6.10 Å². The molecule has 18 heavy (non-hydrogen) atoms. The lowest BCUT2D eigenvalue weighted by molar-refractivity contribution is -0.150. The van der Waals surface area contributed by atoms with E-state index in [1.54, 1.807) is 12.1 Å². The largest absolute Gasteiger partial charge is 0.479 e. The van der Waals surface area contributed by atoms with Crippen molar-refractivity contribution in [2.24, 2.45) is 0 Å². The second-order valence-electron chi connectivity index (χ2n) is 3.89. The van der Waals surface area contributed by atoms with E-state index in [-0.39, 0.29) is 5.91 Å². The standard InChI is InChI=1S/C11H11ClN2O4/c12-9-4-1-6(5-13-9)14-10(15)7-2-3-8(18-7)11(16)17/h1,4-5,7-8H,2-3H2,(H,14,15)(H,16,17). The minimum Gasteiger partial charge on any atom is -0.479 e. The number of aliphatic carboxylic acids is 1. The Kier molecular flexibility index (Phi) is 3.78. The van der Waals surface area contributed by atoms with Crippen LogP contribution in [0.4, 0.5) is 5.69 Å². The summed E-state index contributed by atoms with van der Waals surface area (Å²) in [4.78, 5) is 26.3. The molecule has 0 aliphatic carbocycles. The molecular weight excluding hydrogens is 260 g/mol. The molecule has 1 aromatic rings. The monoisotopic (exact) mass is 270 g/mol. The normalized spacial score (nSPS) is 22.7. The van der Waals surface area contributed by atoms with Gasteiger partial charge in [0.25, 0.3) is 5.91 Å². The van der Waals surface area contributed by atoms with Crippen LogP contribution in [0.2, 0.25) is 5.15 Å². The van der Waals surface area contributed by atoms with Crippen LogP contribution >= 0.6 is 11.6 Å². The lowest BCUT2D eigenvalue weighted by Crippen LogP contribution is -2.29. The summed E-state index contributed by atoms with van der Waals surface area (Å²) in [7, 11) is 0. The van der Waals surface area contributed by atoms with Gasteiger partial charge in [-0.3, -0.25) is 4.79 Å². The Hall–Kier alpha value is -1.66. The molecule has 1 amide bonds. The summed E-state index contributed by atoms with van der Waals surface area (Å²) in [6.07, 6.45) is 0.519. The minimum atomic E-state index is -1.04. The number of rotatable bonds is 3. The molecule has 2 heterocycles. The van der Waals surface area contributed by atoms with Crippen molar-refractivity contribution in [2.45, 2.75) is 25.0 Å². The molecule has 0 bridgehead atoms. The zero-order valence-electron chi connectivity index (χ0n) is 9.30. The maximum Gasteiger partial charge on any atom is 0.332 e. The highest BCUT2D eigenvalue weighted by Crippen LogP contribution is 2.21. The molecule has 2 N–H and O–H groups in total. The molecule has 0 saturated carbocycles. The first-order valence-electron chi connectivity index (χ1n) is 5.37. The summed E-state index contributed by atoms with van der Waals surface area (Å²) >= 11 is 5.62. The zero-order valence-corrected chi connectivity index (χ0v) is 10.1. The van der Waals surface area contributed by atoms with Crippen LogP contribution in [0.25, 0.3) is 0 Å². The molecule has 1 aromatic heterocycles. The lowest BCUT2D eigenvalue weighted by Gasteiger charge is -2.11. The molecule has 2 rings (SSSR count). The van der Waals surface area contributed by atoms with Crippen LogP contribution < -0.4 is 5.32 Å². The van der Waals surface area contributed by atoms with Gasteiger partial charge < -0.3 is 15.2 Å². The molecule has 0 radical (unpaired) electrons. The third-order valence-corrected chi connectivity index (χ3v) is 2.81. The molecule has 6 nitrogen and oxygen atoms in total. The summed E-state index contributed by atoms with van der Waals surface area (Å²) in [6, 6.07) is 3.16. The van der Waals surface area contributed by atoms with Crippen molar-refractivity contribution in [3.63, 3.8) is 0 Å². The van der Waals surface area contributed by atoms with Crippen molar-refractivity contribution in [3.05, 3.63) is 23.5 Å². The van der Waals surface area contributed by atoms with E-state index in [0.29, 0.717) is 23.7 Å². The number of pyridine rings is 1. The molecule has 1 saturated heterocycles. The van der Waals surface area contributed by atoms with Gasteiger partial charge in [-0.05, 0) is 25.0 Å². The fourth-order valence-electron chi connectivity index (χ4n) is 1.68. The molecule has 1 fully saturated rings. The van der Waals surface area contributed by atoms with E-state index in [1.807, 2.05) is 0 Å². The molecule has 2 atom stereocenters. The first-order valence-corrected chi connectivity index (χ1v) is 5.75. The number of hydrogen-bond acceptors (Lipinski definition) is 4. The van der Waals surface area contributed by atoms with Crippen molar-refractivity contribution >= 4 is 29.2 Å². The molecule has 7 heteroatoms. The summed E-state index contributed by atoms with van der Waals surface area (Å²) in [5.41, 5.74) is 0.492. The molecule has 96 valence electrons. The van der Waals surface area contributed by atoms with E-state index in [1.165, 1.54) is 6.20 Å².